The number of rotatable bonds is 0. The third kappa shape index (κ3) is 2.69. The minimum Gasteiger partial charge on any atom is -0.220 e. The molecule has 3 nitrogen and oxygen atoms in total. The van der Waals surface area contributed by atoms with E-state index in [-0.39, 0.29) is 5.65 Å². The summed E-state index contributed by atoms with van der Waals surface area (Å²) >= 11 is 5.75. The third-order valence-electron chi connectivity index (χ3n) is 1.94. The van der Waals surface area contributed by atoms with E-state index < -0.39 is 12.0 Å². The number of aryl methyl sites for hydroxylation is 1. The number of alkyl halides is 3. The molecule has 0 amide bonds. The Morgan fingerprint density at radius 1 is 1.29 bits per heavy atom. The molecule has 2 aromatic heterocycles. The standard InChI is InChI=1S/C8H5ClF3N3.C2H6/c1-4-5(9)2-3-15-6(4)13-7(14-15)8(10,11)12;1-2/h2-3H,1H3;1-2H3. The van der Waals surface area contributed by atoms with Crippen LogP contribution in [0.1, 0.15) is 25.2 Å². The zero-order chi connectivity index (χ0) is 13.2. The van der Waals surface area contributed by atoms with Crippen molar-refractivity contribution in [2.24, 2.45) is 0 Å². The van der Waals surface area contributed by atoms with Gasteiger partial charge >= 0.3 is 6.18 Å². The Balaban J connectivity index is 0.000000686. The van der Waals surface area contributed by atoms with Crippen LogP contribution in [0.3, 0.4) is 0 Å². The van der Waals surface area contributed by atoms with Crippen molar-refractivity contribution in [3.05, 3.63) is 28.7 Å². The molecule has 0 aliphatic heterocycles. The molecule has 0 spiro atoms. The summed E-state index contributed by atoms with van der Waals surface area (Å²) in [6.45, 7) is 5.59. The number of hydrogen-bond donors (Lipinski definition) is 0. The average molecular weight is 266 g/mol. The molecule has 0 fully saturated rings. The molecule has 0 bridgehead atoms. The molecule has 0 radical (unpaired) electrons. The van der Waals surface area contributed by atoms with Gasteiger partial charge in [0.1, 0.15) is 0 Å². The summed E-state index contributed by atoms with van der Waals surface area (Å²) in [4.78, 5) is 3.39. The summed E-state index contributed by atoms with van der Waals surface area (Å²) in [7, 11) is 0. The summed E-state index contributed by atoms with van der Waals surface area (Å²) in [6, 6.07) is 1.47. The van der Waals surface area contributed by atoms with E-state index in [1.54, 1.807) is 6.92 Å². The zero-order valence-corrected chi connectivity index (χ0v) is 10.3. The summed E-state index contributed by atoms with van der Waals surface area (Å²) in [5, 5.41) is 3.67. The Bertz CT molecular complexity index is 519. The predicted molar refractivity (Wildman–Crippen MR) is 59.1 cm³/mol. The molecule has 0 unspecified atom stereocenters. The molecular formula is C10H11ClF3N3. The van der Waals surface area contributed by atoms with Gasteiger partial charge < -0.3 is 0 Å². The van der Waals surface area contributed by atoms with Gasteiger partial charge in [-0.1, -0.05) is 25.4 Å². The minimum absolute atomic E-state index is 0.120. The fourth-order valence-corrected chi connectivity index (χ4v) is 1.31. The van der Waals surface area contributed by atoms with E-state index in [0.29, 0.717) is 10.6 Å². The third-order valence-corrected chi connectivity index (χ3v) is 2.35. The van der Waals surface area contributed by atoms with Gasteiger partial charge in [0.2, 0.25) is 0 Å². The second-order valence-corrected chi connectivity index (χ2v) is 3.40. The molecule has 0 N–H and O–H groups in total. The Hall–Kier alpha value is -1.30. The van der Waals surface area contributed by atoms with E-state index in [1.165, 1.54) is 12.3 Å². The molecule has 0 aromatic carbocycles. The van der Waals surface area contributed by atoms with E-state index in [0.717, 1.165) is 4.52 Å². The second kappa shape index (κ2) is 4.91. The number of aromatic nitrogens is 3. The highest BCUT2D eigenvalue weighted by Gasteiger charge is 2.36. The fraction of sp³-hybridized carbons (Fsp3) is 0.400. The lowest BCUT2D eigenvalue weighted by atomic mass is 10.3. The highest BCUT2D eigenvalue weighted by molar-refractivity contribution is 6.31. The van der Waals surface area contributed by atoms with Gasteiger partial charge in [-0.25, -0.2) is 9.50 Å². The number of pyridine rings is 1. The van der Waals surface area contributed by atoms with Gasteiger partial charge in [-0.2, -0.15) is 13.2 Å². The Labute approximate surface area is 101 Å². The van der Waals surface area contributed by atoms with Crippen molar-refractivity contribution in [2.75, 3.05) is 0 Å². The summed E-state index contributed by atoms with van der Waals surface area (Å²) < 4.78 is 37.9. The van der Waals surface area contributed by atoms with Crippen LogP contribution >= 0.6 is 11.6 Å². The maximum Gasteiger partial charge on any atom is 0.453 e. The van der Waals surface area contributed by atoms with E-state index in [4.69, 9.17) is 11.6 Å². The van der Waals surface area contributed by atoms with Crippen molar-refractivity contribution in [1.29, 1.82) is 0 Å². The first-order chi connectivity index (χ1) is 7.89. The quantitative estimate of drug-likeness (QED) is 0.726. The molecule has 2 aromatic rings. The molecule has 0 aliphatic carbocycles. The summed E-state index contributed by atoms with van der Waals surface area (Å²) in [6.07, 6.45) is -3.20. The molecule has 94 valence electrons. The van der Waals surface area contributed by atoms with Crippen LogP contribution in [0.4, 0.5) is 13.2 Å². The molecule has 0 aliphatic rings. The molecule has 0 atom stereocenters. The van der Waals surface area contributed by atoms with Crippen molar-refractivity contribution in [1.82, 2.24) is 14.6 Å². The normalized spacial score (nSPS) is 11.2. The number of fused-ring (bicyclic) bond motifs is 1. The second-order valence-electron chi connectivity index (χ2n) is 2.99. The van der Waals surface area contributed by atoms with Crippen molar-refractivity contribution >= 4 is 17.2 Å². The molecule has 0 saturated carbocycles. The minimum atomic E-state index is -4.54. The van der Waals surface area contributed by atoms with E-state index in [1.807, 2.05) is 13.8 Å². The number of hydrogen-bond acceptors (Lipinski definition) is 2. The maximum atomic E-state index is 12.3. The highest BCUT2D eigenvalue weighted by atomic mass is 35.5. The van der Waals surface area contributed by atoms with Crippen LogP contribution in [-0.4, -0.2) is 14.6 Å². The van der Waals surface area contributed by atoms with E-state index in [2.05, 4.69) is 10.1 Å². The van der Waals surface area contributed by atoms with Gasteiger partial charge in [-0.15, -0.1) is 5.10 Å². The zero-order valence-electron chi connectivity index (χ0n) is 9.51. The first-order valence-electron chi connectivity index (χ1n) is 4.98. The number of nitrogens with zero attached hydrogens (tertiary/aromatic N) is 3. The van der Waals surface area contributed by atoms with Crippen LogP contribution in [-0.2, 0) is 6.18 Å². The molecular weight excluding hydrogens is 255 g/mol. The first-order valence-corrected chi connectivity index (χ1v) is 5.36. The lowest BCUT2D eigenvalue weighted by Gasteiger charge is -1.97. The van der Waals surface area contributed by atoms with Crippen LogP contribution in [0.25, 0.3) is 5.65 Å². The van der Waals surface area contributed by atoms with Crippen molar-refractivity contribution in [3.8, 4) is 0 Å². The van der Waals surface area contributed by atoms with Crippen LogP contribution in [0.15, 0.2) is 12.3 Å². The lowest BCUT2D eigenvalue weighted by Crippen LogP contribution is -2.07. The maximum absolute atomic E-state index is 12.3. The predicted octanol–water partition coefficient (Wildman–Crippen LogP) is 3.74. The first kappa shape index (κ1) is 13.8. The summed E-state index contributed by atoms with van der Waals surface area (Å²) in [5.41, 5.74) is 0.594. The van der Waals surface area contributed by atoms with Crippen LogP contribution in [0, 0.1) is 6.92 Å². The van der Waals surface area contributed by atoms with Gasteiger partial charge in [0.15, 0.2) is 5.65 Å². The van der Waals surface area contributed by atoms with Gasteiger partial charge in [0.05, 0.1) is 0 Å². The molecule has 7 heteroatoms. The van der Waals surface area contributed by atoms with Gasteiger partial charge in [-0.05, 0) is 13.0 Å². The number of halogens is 4. The van der Waals surface area contributed by atoms with Gasteiger partial charge in [-0.3, -0.25) is 0 Å². The molecule has 17 heavy (non-hydrogen) atoms. The Morgan fingerprint density at radius 2 is 1.88 bits per heavy atom. The molecule has 2 rings (SSSR count). The topological polar surface area (TPSA) is 30.2 Å². The van der Waals surface area contributed by atoms with Crippen LogP contribution in [0.5, 0.6) is 0 Å². The van der Waals surface area contributed by atoms with Crippen molar-refractivity contribution < 1.29 is 13.2 Å². The van der Waals surface area contributed by atoms with Crippen molar-refractivity contribution in [2.45, 2.75) is 26.9 Å². The summed E-state index contributed by atoms with van der Waals surface area (Å²) in [5.74, 6) is -1.16. The average Bonchev–Trinajstić information content (AvgIpc) is 2.71. The Morgan fingerprint density at radius 3 is 2.41 bits per heavy atom. The van der Waals surface area contributed by atoms with Gasteiger partial charge in [0, 0.05) is 16.8 Å². The molecule has 2 heterocycles. The van der Waals surface area contributed by atoms with Crippen LogP contribution in [0.2, 0.25) is 5.02 Å². The van der Waals surface area contributed by atoms with E-state index >= 15 is 0 Å². The lowest BCUT2D eigenvalue weighted by molar-refractivity contribution is -0.144. The highest BCUT2D eigenvalue weighted by Crippen LogP contribution is 2.28. The molecule has 0 saturated heterocycles. The monoisotopic (exact) mass is 265 g/mol. The van der Waals surface area contributed by atoms with E-state index in [9.17, 15) is 13.2 Å². The SMILES string of the molecule is CC.Cc1c(Cl)ccn2nc(C(F)(F)F)nc12. The smallest absolute Gasteiger partial charge is 0.220 e. The fourth-order valence-electron chi connectivity index (χ4n) is 1.17. The van der Waals surface area contributed by atoms with Crippen LogP contribution < -0.4 is 0 Å². The van der Waals surface area contributed by atoms with Gasteiger partial charge in [0.25, 0.3) is 5.82 Å². The van der Waals surface area contributed by atoms with Crippen molar-refractivity contribution in [3.63, 3.8) is 0 Å². The largest absolute Gasteiger partial charge is 0.453 e. The Kier molecular flexibility index (Phi) is 3.98.